The van der Waals surface area contributed by atoms with E-state index >= 15 is 0 Å². The molecule has 0 unspecified atom stereocenters. The minimum atomic E-state index is -0.334. The average molecular weight is 406 g/mol. The third-order valence-corrected chi connectivity index (χ3v) is 5.60. The molecule has 144 valence electrons. The maximum absolute atomic E-state index is 13.6. The number of anilines is 1. The molecule has 0 saturated carbocycles. The second-order valence-electron chi connectivity index (χ2n) is 6.48. The maximum atomic E-state index is 13.6. The van der Waals surface area contributed by atoms with Crippen LogP contribution in [0.1, 0.15) is 10.6 Å². The summed E-state index contributed by atoms with van der Waals surface area (Å²) in [5.74, 6) is -0.399. The lowest BCUT2D eigenvalue weighted by Gasteiger charge is -2.18. The predicted octanol–water partition coefficient (Wildman–Crippen LogP) is 4.73. The molecular weight excluding hydrogens is 391 g/mol. The van der Waals surface area contributed by atoms with Gasteiger partial charge in [0.15, 0.2) is 10.9 Å². The number of rotatable bonds is 5. The largest absolute Gasteiger partial charge is 0.451 e. The second-order valence-corrected chi connectivity index (χ2v) is 7.49. The number of aromatic nitrogens is 3. The Labute approximate surface area is 168 Å². The van der Waals surface area contributed by atoms with Gasteiger partial charge in [0.05, 0.1) is 16.8 Å². The zero-order chi connectivity index (χ0) is 19.8. The van der Waals surface area contributed by atoms with E-state index in [0.29, 0.717) is 34.0 Å². The highest BCUT2D eigenvalue weighted by atomic mass is 32.1. The van der Waals surface area contributed by atoms with Crippen molar-refractivity contribution in [2.45, 2.75) is 6.54 Å². The monoisotopic (exact) mass is 406 g/mol. The first kappa shape index (κ1) is 17.6. The Morgan fingerprint density at radius 1 is 1.17 bits per heavy atom. The minimum Gasteiger partial charge on any atom is -0.451 e. The number of thiazole rings is 1. The first-order chi connectivity index (χ1) is 14.2. The summed E-state index contributed by atoms with van der Waals surface area (Å²) in [7, 11) is 0. The van der Waals surface area contributed by atoms with Gasteiger partial charge < -0.3 is 4.42 Å². The van der Waals surface area contributed by atoms with Crippen molar-refractivity contribution in [3.8, 4) is 0 Å². The molecule has 0 N–H and O–H groups in total. The average Bonchev–Trinajstić information content (AvgIpc) is 3.46. The van der Waals surface area contributed by atoms with Crippen LogP contribution in [0.5, 0.6) is 0 Å². The van der Waals surface area contributed by atoms with E-state index in [-0.39, 0.29) is 17.5 Å². The molecule has 0 spiro atoms. The van der Waals surface area contributed by atoms with Crippen molar-refractivity contribution in [3.05, 3.63) is 78.6 Å². The van der Waals surface area contributed by atoms with Gasteiger partial charge in [0.1, 0.15) is 11.4 Å². The number of carbonyl (C=O) groups is 1. The van der Waals surface area contributed by atoms with Gasteiger partial charge in [-0.3, -0.25) is 14.4 Å². The fourth-order valence-corrected chi connectivity index (χ4v) is 4.16. The van der Waals surface area contributed by atoms with Crippen LogP contribution in [-0.2, 0) is 6.54 Å². The molecular formula is C21H15FN4O2S. The third kappa shape index (κ3) is 3.38. The van der Waals surface area contributed by atoms with E-state index in [4.69, 9.17) is 4.42 Å². The number of halogens is 1. The Morgan fingerprint density at radius 2 is 2.07 bits per heavy atom. The standard InChI is InChI=1S/C21H15FN4O2S/c22-15-6-7-16-19(13-15)29-21(24-16)26(11-10-25-9-3-8-23-25)20(27)18-12-14-4-1-2-5-17(14)28-18/h1-9,12-13H,10-11H2. The number of amides is 1. The molecule has 0 saturated heterocycles. The van der Waals surface area contributed by atoms with Crippen LogP contribution in [0.2, 0.25) is 0 Å². The summed E-state index contributed by atoms with van der Waals surface area (Å²) in [6, 6.07) is 15.4. The highest BCUT2D eigenvalue weighted by Gasteiger charge is 2.24. The number of hydrogen-bond donors (Lipinski definition) is 0. The Balaban J connectivity index is 1.53. The lowest BCUT2D eigenvalue weighted by molar-refractivity contribution is 0.0961. The Bertz CT molecular complexity index is 1280. The number of nitrogens with zero attached hydrogens (tertiary/aromatic N) is 4. The van der Waals surface area contributed by atoms with Crippen molar-refractivity contribution >= 4 is 43.6 Å². The smallest absolute Gasteiger partial charge is 0.295 e. The first-order valence-electron chi connectivity index (χ1n) is 9.01. The van der Waals surface area contributed by atoms with Crippen molar-refractivity contribution < 1.29 is 13.6 Å². The van der Waals surface area contributed by atoms with Crippen molar-refractivity contribution in [3.63, 3.8) is 0 Å². The zero-order valence-corrected chi connectivity index (χ0v) is 16.0. The fourth-order valence-electron chi connectivity index (χ4n) is 3.14. The van der Waals surface area contributed by atoms with E-state index in [1.165, 1.54) is 23.5 Å². The molecule has 6 nitrogen and oxygen atoms in total. The molecule has 8 heteroatoms. The predicted molar refractivity (Wildman–Crippen MR) is 110 cm³/mol. The lowest BCUT2D eigenvalue weighted by atomic mass is 10.2. The lowest BCUT2D eigenvalue weighted by Crippen LogP contribution is -2.33. The normalized spacial score (nSPS) is 11.3. The Morgan fingerprint density at radius 3 is 2.90 bits per heavy atom. The van der Waals surface area contributed by atoms with Crippen molar-refractivity contribution in [2.24, 2.45) is 0 Å². The molecule has 0 aliphatic carbocycles. The topological polar surface area (TPSA) is 64.2 Å². The van der Waals surface area contributed by atoms with Crippen LogP contribution in [0.15, 0.2) is 71.4 Å². The van der Waals surface area contributed by atoms with Crippen LogP contribution < -0.4 is 4.90 Å². The molecule has 29 heavy (non-hydrogen) atoms. The van der Waals surface area contributed by atoms with Crippen molar-refractivity contribution in [1.82, 2.24) is 14.8 Å². The quantitative estimate of drug-likeness (QED) is 0.423. The molecule has 0 atom stereocenters. The minimum absolute atomic E-state index is 0.233. The summed E-state index contributed by atoms with van der Waals surface area (Å²) in [5.41, 5.74) is 1.29. The molecule has 3 aromatic heterocycles. The summed E-state index contributed by atoms with van der Waals surface area (Å²) >= 11 is 1.27. The summed E-state index contributed by atoms with van der Waals surface area (Å²) in [6.45, 7) is 0.836. The van der Waals surface area contributed by atoms with E-state index < -0.39 is 0 Å². The summed E-state index contributed by atoms with van der Waals surface area (Å²) in [4.78, 5) is 19.4. The molecule has 0 bridgehead atoms. The van der Waals surface area contributed by atoms with Gasteiger partial charge in [-0.25, -0.2) is 9.37 Å². The highest BCUT2D eigenvalue weighted by Crippen LogP contribution is 2.31. The summed E-state index contributed by atoms with van der Waals surface area (Å²) in [6.07, 6.45) is 3.52. The molecule has 0 fully saturated rings. The number of hydrogen-bond acceptors (Lipinski definition) is 5. The first-order valence-corrected chi connectivity index (χ1v) is 9.83. The fraction of sp³-hybridized carbons (Fsp3) is 0.0952. The number of carbonyl (C=O) groups excluding carboxylic acids is 1. The van der Waals surface area contributed by atoms with Crippen LogP contribution in [0.3, 0.4) is 0 Å². The van der Waals surface area contributed by atoms with Crippen LogP contribution in [-0.4, -0.2) is 27.2 Å². The molecule has 5 rings (SSSR count). The number of furan rings is 1. The van der Waals surface area contributed by atoms with Gasteiger partial charge in [0.25, 0.3) is 5.91 Å². The van der Waals surface area contributed by atoms with E-state index in [9.17, 15) is 9.18 Å². The van der Waals surface area contributed by atoms with Crippen LogP contribution in [0, 0.1) is 5.82 Å². The van der Waals surface area contributed by atoms with Crippen molar-refractivity contribution in [1.29, 1.82) is 0 Å². The van der Waals surface area contributed by atoms with Gasteiger partial charge in [-0.15, -0.1) is 0 Å². The van der Waals surface area contributed by atoms with Gasteiger partial charge in [-0.05, 0) is 36.4 Å². The summed E-state index contributed by atoms with van der Waals surface area (Å²) < 4.78 is 21.8. The van der Waals surface area contributed by atoms with Gasteiger partial charge in [0.2, 0.25) is 0 Å². The number of fused-ring (bicyclic) bond motifs is 2. The molecule has 0 aliphatic heterocycles. The molecule has 0 radical (unpaired) electrons. The van der Waals surface area contributed by atoms with Gasteiger partial charge in [0, 0.05) is 24.3 Å². The van der Waals surface area contributed by atoms with E-state index in [2.05, 4.69) is 10.1 Å². The molecule has 2 aromatic carbocycles. The molecule has 5 aromatic rings. The molecule has 1 amide bonds. The van der Waals surface area contributed by atoms with Gasteiger partial charge >= 0.3 is 0 Å². The van der Waals surface area contributed by atoms with E-state index in [1.54, 1.807) is 27.9 Å². The van der Waals surface area contributed by atoms with Crippen LogP contribution >= 0.6 is 11.3 Å². The SMILES string of the molecule is O=C(c1cc2ccccc2o1)N(CCn1cccn1)c1nc2ccc(F)cc2s1. The van der Waals surface area contributed by atoms with Crippen LogP contribution in [0.4, 0.5) is 9.52 Å². The Hall–Kier alpha value is -3.52. The molecule has 3 heterocycles. The number of benzene rings is 2. The molecule has 0 aliphatic rings. The summed E-state index contributed by atoms with van der Waals surface area (Å²) in [5, 5.41) is 5.54. The van der Waals surface area contributed by atoms with Gasteiger partial charge in [-0.2, -0.15) is 5.10 Å². The zero-order valence-electron chi connectivity index (χ0n) is 15.2. The van der Waals surface area contributed by atoms with Crippen molar-refractivity contribution in [2.75, 3.05) is 11.4 Å². The maximum Gasteiger partial charge on any atom is 0.295 e. The second kappa shape index (κ2) is 7.14. The Kier molecular flexibility index (Phi) is 4.33. The van der Waals surface area contributed by atoms with E-state index in [0.717, 1.165) is 5.39 Å². The van der Waals surface area contributed by atoms with Crippen LogP contribution in [0.25, 0.3) is 21.2 Å². The third-order valence-electron chi connectivity index (χ3n) is 4.56. The van der Waals surface area contributed by atoms with Gasteiger partial charge in [-0.1, -0.05) is 29.5 Å². The number of para-hydroxylation sites is 1. The highest BCUT2D eigenvalue weighted by molar-refractivity contribution is 7.22. The van der Waals surface area contributed by atoms with E-state index in [1.807, 2.05) is 36.5 Å².